The van der Waals surface area contributed by atoms with Crippen molar-refractivity contribution in [1.82, 2.24) is 0 Å². The van der Waals surface area contributed by atoms with Crippen molar-refractivity contribution in [3.63, 3.8) is 0 Å². The van der Waals surface area contributed by atoms with Crippen LogP contribution < -0.4 is 5.73 Å². The summed E-state index contributed by atoms with van der Waals surface area (Å²) >= 11 is 3.90. The van der Waals surface area contributed by atoms with E-state index < -0.39 is 0 Å². The van der Waals surface area contributed by atoms with Gasteiger partial charge in [-0.25, -0.2) is 4.39 Å². The molecule has 0 unspecified atom stereocenters. The molecule has 0 radical (unpaired) electrons. The van der Waals surface area contributed by atoms with Crippen molar-refractivity contribution in [2.45, 2.75) is 4.90 Å². The topological polar surface area (TPSA) is 26.0 Å². The normalized spacial score (nSPS) is 8.60. The lowest BCUT2D eigenvalue weighted by molar-refractivity contribution is 0.625. The first-order chi connectivity index (χ1) is 4.18. The molecule has 0 aromatic heterocycles. The number of halogens is 2. The van der Waals surface area contributed by atoms with Crippen LogP contribution >= 0.6 is 25.0 Å². The maximum Gasteiger partial charge on any atom is 0.126 e. The molecular formula is C6H7ClFNS. The van der Waals surface area contributed by atoms with Crippen LogP contribution in [0.3, 0.4) is 0 Å². The maximum absolute atomic E-state index is 12.3. The average molecular weight is 180 g/mol. The zero-order valence-electron chi connectivity index (χ0n) is 5.04. The summed E-state index contributed by atoms with van der Waals surface area (Å²) in [6.45, 7) is 0. The average Bonchev–Trinajstić information content (AvgIpc) is 1.59. The van der Waals surface area contributed by atoms with Crippen molar-refractivity contribution >= 4 is 30.7 Å². The Labute approximate surface area is 70.2 Å². The number of nitrogen functional groups attached to an aromatic ring is 1. The Hall–Kier alpha value is -0.410. The van der Waals surface area contributed by atoms with E-state index in [1.165, 1.54) is 12.1 Å². The third-order valence-corrected chi connectivity index (χ3v) is 1.16. The van der Waals surface area contributed by atoms with Crippen molar-refractivity contribution in [2.24, 2.45) is 0 Å². The molecule has 1 aromatic carbocycles. The van der Waals surface area contributed by atoms with E-state index in [-0.39, 0.29) is 18.2 Å². The minimum Gasteiger partial charge on any atom is -0.399 e. The smallest absolute Gasteiger partial charge is 0.126 e. The van der Waals surface area contributed by atoms with Crippen LogP contribution in [0.15, 0.2) is 23.1 Å². The second kappa shape index (κ2) is 3.68. The van der Waals surface area contributed by atoms with Gasteiger partial charge >= 0.3 is 0 Å². The summed E-state index contributed by atoms with van der Waals surface area (Å²) < 4.78 is 12.3. The van der Waals surface area contributed by atoms with Gasteiger partial charge in [-0.05, 0) is 18.2 Å². The van der Waals surface area contributed by atoms with Crippen LogP contribution in [0.4, 0.5) is 10.1 Å². The quantitative estimate of drug-likeness (QED) is 0.463. The number of hydrogen-bond donors (Lipinski definition) is 2. The van der Waals surface area contributed by atoms with Gasteiger partial charge in [-0.2, -0.15) is 0 Å². The Morgan fingerprint density at radius 3 is 2.30 bits per heavy atom. The van der Waals surface area contributed by atoms with Crippen molar-refractivity contribution in [1.29, 1.82) is 0 Å². The molecule has 56 valence electrons. The van der Waals surface area contributed by atoms with Crippen LogP contribution in [0.5, 0.6) is 0 Å². The van der Waals surface area contributed by atoms with E-state index in [0.29, 0.717) is 10.6 Å². The van der Waals surface area contributed by atoms with Gasteiger partial charge in [-0.1, -0.05) is 0 Å². The second-order valence-electron chi connectivity index (χ2n) is 1.74. The predicted octanol–water partition coefficient (Wildman–Crippen LogP) is 2.12. The van der Waals surface area contributed by atoms with E-state index in [1.54, 1.807) is 6.07 Å². The van der Waals surface area contributed by atoms with Crippen molar-refractivity contribution in [3.05, 3.63) is 24.0 Å². The number of thiol groups is 1. The molecule has 0 spiro atoms. The number of hydrogen-bond acceptors (Lipinski definition) is 2. The molecule has 0 fully saturated rings. The van der Waals surface area contributed by atoms with E-state index in [9.17, 15) is 4.39 Å². The monoisotopic (exact) mass is 179 g/mol. The molecule has 0 amide bonds. The molecule has 0 aliphatic rings. The van der Waals surface area contributed by atoms with Crippen molar-refractivity contribution in [3.8, 4) is 0 Å². The van der Waals surface area contributed by atoms with Crippen LogP contribution in [-0.2, 0) is 0 Å². The number of nitrogens with two attached hydrogens (primary N) is 1. The summed E-state index contributed by atoms with van der Waals surface area (Å²) in [5.74, 6) is -0.347. The second-order valence-corrected chi connectivity index (χ2v) is 2.26. The van der Waals surface area contributed by atoms with Gasteiger partial charge in [0.25, 0.3) is 0 Å². The number of benzene rings is 1. The SMILES string of the molecule is Cl.Nc1cc(F)cc(S)c1. The molecule has 4 heteroatoms. The molecule has 0 saturated carbocycles. The van der Waals surface area contributed by atoms with Crippen LogP contribution in [0.2, 0.25) is 0 Å². The molecule has 0 atom stereocenters. The lowest BCUT2D eigenvalue weighted by Gasteiger charge is -1.93. The molecule has 0 aliphatic carbocycles. The Bertz CT molecular complexity index is 179. The minimum atomic E-state index is -0.347. The minimum absolute atomic E-state index is 0. The lowest BCUT2D eigenvalue weighted by atomic mass is 10.3. The lowest BCUT2D eigenvalue weighted by Crippen LogP contribution is -1.85. The molecule has 0 bridgehead atoms. The van der Waals surface area contributed by atoms with E-state index in [4.69, 9.17) is 5.73 Å². The fourth-order valence-electron chi connectivity index (χ4n) is 0.596. The first-order valence-corrected chi connectivity index (χ1v) is 2.88. The predicted molar refractivity (Wildman–Crippen MR) is 45.3 cm³/mol. The van der Waals surface area contributed by atoms with Crippen LogP contribution in [0.25, 0.3) is 0 Å². The van der Waals surface area contributed by atoms with Gasteiger partial charge in [0.15, 0.2) is 0 Å². The molecular weight excluding hydrogens is 173 g/mol. The number of rotatable bonds is 0. The highest BCUT2D eigenvalue weighted by atomic mass is 35.5. The highest BCUT2D eigenvalue weighted by Crippen LogP contribution is 2.12. The van der Waals surface area contributed by atoms with Gasteiger partial charge in [-0.15, -0.1) is 25.0 Å². The van der Waals surface area contributed by atoms with Gasteiger partial charge < -0.3 is 5.73 Å². The largest absolute Gasteiger partial charge is 0.399 e. The first-order valence-electron chi connectivity index (χ1n) is 2.43. The summed E-state index contributed by atoms with van der Waals surface area (Å²) in [7, 11) is 0. The Morgan fingerprint density at radius 1 is 1.30 bits per heavy atom. The molecule has 1 nitrogen and oxygen atoms in total. The van der Waals surface area contributed by atoms with Gasteiger partial charge in [0.05, 0.1) is 0 Å². The summed E-state index contributed by atoms with van der Waals surface area (Å²) in [5.41, 5.74) is 5.67. The Kier molecular flexibility index (Phi) is 3.53. The van der Waals surface area contributed by atoms with Gasteiger partial charge in [0.2, 0.25) is 0 Å². The van der Waals surface area contributed by atoms with Gasteiger partial charge in [-0.3, -0.25) is 0 Å². The fraction of sp³-hybridized carbons (Fsp3) is 0. The van der Waals surface area contributed by atoms with Gasteiger partial charge in [0, 0.05) is 10.6 Å². The van der Waals surface area contributed by atoms with E-state index in [1.807, 2.05) is 0 Å². The summed E-state index contributed by atoms with van der Waals surface area (Å²) in [6.07, 6.45) is 0. The van der Waals surface area contributed by atoms with Crippen molar-refractivity contribution in [2.75, 3.05) is 5.73 Å². The summed E-state index contributed by atoms with van der Waals surface area (Å²) in [5, 5.41) is 0. The molecule has 1 aromatic rings. The third-order valence-electron chi connectivity index (χ3n) is 0.905. The van der Waals surface area contributed by atoms with Crippen LogP contribution in [0.1, 0.15) is 0 Å². The molecule has 0 saturated heterocycles. The summed E-state index contributed by atoms with van der Waals surface area (Å²) in [4.78, 5) is 0.549. The zero-order valence-corrected chi connectivity index (χ0v) is 6.75. The number of anilines is 1. The molecule has 0 heterocycles. The standard InChI is InChI=1S/C6H6FNS.ClH/c7-4-1-5(8)3-6(9)2-4;/h1-3,9H,8H2;1H. The molecule has 1 rings (SSSR count). The summed E-state index contributed by atoms with van der Waals surface area (Å²) in [6, 6.07) is 4.14. The first kappa shape index (κ1) is 9.59. The van der Waals surface area contributed by atoms with E-state index in [2.05, 4.69) is 12.6 Å². The van der Waals surface area contributed by atoms with Gasteiger partial charge in [0.1, 0.15) is 5.82 Å². The Morgan fingerprint density at radius 2 is 1.90 bits per heavy atom. The van der Waals surface area contributed by atoms with Crippen LogP contribution in [0, 0.1) is 5.82 Å². The zero-order chi connectivity index (χ0) is 6.85. The van der Waals surface area contributed by atoms with Crippen molar-refractivity contribution < 1.29 is 4.39 Å². The maximum atomic E-state index is 12.3. The van der Waals surface area contributed by atoms with E-state index in [0.717, 1.165) is 0 Å². The fourth-order valence-corrected chi connectivity index (χ4v) is 0.869. The third kappa shape index (κ3) is 2.45. The van der Waals surface area contributed by atoms with E-state index >= 15 is 0 Å². The Balaban J connectivity index is 0.000000810. The molecule has 0 aliphatic heterocycles. The molecule has 10 heavy (non-hydrogen) atoms. The molecule has 2 N–H and O–H groups in total. The highest BCUT2D eigenvalue weighted by Gasteiger charge is 1.92. The highest BCUT2D eigenvalue weighted by molar-refractivity contribution is 7.80. The van der Waals surface area contributed by atoms with Crippen LogP contribution in [-0.4, -0.2) is 0 Å².